The van der Waals surface area contributed by atoms with Crippen LogP contribution in [0.1, 0.15) is 44.5 Å². The summed E-state index contributed by atoms with van der Waals surface area (Å²) in [6.07, 6.45) is 3.77. The van der Waals surface area contributed by atoms with Gasteiger partial charge in [0, 0.05) is 23.2 Å². The first-order valence-electron chi connectivity index (χ1n) is 17.2. The molecule has 4 aliphatic carbocycles. The molecule has 4 aliphatic rings. The van der Waals surface area contributed by atoms with Crippen molar-refractivity contribution in [3.63, 3.8) is 0 Å². The van der Waals surface area contributed by atoms with Crippen molar-refractivity contribution in [1.82, 2.24) is 9.97 Å². The van der Waals surface area contributed by atoms with Crippen molar-refractivity contribution >= 4 is 0 Å². The zero-order valence-corrected chi connectivity index (χ0v) is 29.6. The van der Waals surface area contributed by atoms with E-state index in [-0.39, 0.29) is 31.9 Å². The number of nitrogens with zero attached hydrogens (tertiary/aromatic N) is 2. The molecule has 0 saturated heterocycles. The molecule has 2 nitrogen and oxygen atoms in total. The van der Waals surface area contributed by atoms with Crippen molar-refractivity contribution < 1.29 is 21.1 Å². The number of aromatic nitrogens is 2. The second kappa shape index (κ2) is 11.2. The summed E-state index contributed by atoms with van der Waals surface area (Å²) in [5.41, 5.74) is 19.7. The summed E-state index contributed by atoms with van der Waals surface area (Å²) in [7, 11) is 0. The van der Waals surface area contributed by atoms with Gasteiger partial charge in [0.1, 0.15) is 0 Å². The van der Waals surface area contributed by atoms with Crippen LogP contribution in [0.5, 0.6) is 0 Å². The smallest absolute Gasteiger partial charge is 0.304 e. The van der Waals surface area contributed by atoms with Gasteiger partial charge in [-0.15, -0.1) is 70.8 Å². The first-order chi connectivity index (χ1) is 24.8. The second-order valence-corrected chi connectivity index (χ2v) is 13.4. The molecule has 8 aromatic rings. The molecule has 0 aliphatic heterocycles. The zero-order valence-electron chi connectivity index (χ0n) is 27.4. The van der Waals surface area contributed by atoms with Crippen LogP contribution in [0.3, 0.4) is 0 Å². The van der Waals surface area contributed by atoms with E-state index in [0.717, 1.165) is 22.5 Å². The molecule has 2 aromatic heterocycles. The van der Waals surface area contributed by atoms with E-state index in [1.54, 1.807) is 0 Å². The quantitative estimate of drug-likeness (QED) is 0.142. The van der Waals surface area contributed by atoms with E-state index >= 15 is 0 Å². The van der Waals surface area contributed by atoms with E-state index in [2.05, 4.69) is 158 Å². The Balaban J connectivity index is 0.000000126. The van der Waals surface area contributed by atoms with Gasteiger partial charge in [0.15, 0.2) is 0 Å². The summed E-state index contributed by atoms with van der Waals surface area (Å²) in [6, 6.07) is 63.3. The Bertz CT molecular complexity index is 2130. The number of benzene rings is 6. The second-order valence-electron chi connectivity index (χ2n) is 13.4. The van der Waals surface area contributed by atoms with Gasteiger partial charge in [0.25, 0.3) is 0 Å². The van der Waals surface area contributed by atoms with E-state index in [4.69, 9.17) is 9.97 Å². The van der Waals surface area contributed by atoms with Crippen molar-refractivity contribution in [3.05, 3.63) is 227 Å². The molecule has 240 valence electrons. The van der Waals surface area contributed by atoms with Gasteiger partial charge < -0.3 is 9.97 Å². The fourth-order valence-corrected chi connectivity index (χ4v) is 9.63. The number of hydrogen-bond donors (Lipinski definition) is 0. The van der Waals surface area contributed by atoms with Crippen LogP contribution in [-0.4, -0.2) is 9.97 Å². The predicted molar refractivity (Wildman–Crippen MR) is 199 cm³/mol. The van der Waals surface area contributed by atoms with Gasteiger partial charge in [-0.1, -0.05) is 120 Å². The van der Waals surface area contributed by atoms with Crippen LogP contribution in [0.2, 0.25) is 0 Å². The van der Waals surface area contributed by atoms with Crippen LogP contribution in [0, 0.1) is 12.1 Å². The Hall–Kier alpha value is -5.69. The molecule has 6 aromatic carbocycles. The Labute approximate surface area is 311 Å². The van der Waals surface area contributed by atoms with Crippen LogP contribution in [0.4, 0.5) is 0 Å². The topological polar surface area (TPSA) is 25.8 Å². The van der Waals surface area contributed by atoms with E-state index in [1.807, 2.05) is 24.5 Å². The van der Waals surface area contributed by atoms with Gasteiger partial charge >= 0.3 is 21.1 Å². The average molecular weight is 828 g/mol. The van der Waals surface area contributed by atoms with Gasteiger partial charge in [0.05, 0.1) is 0 Å². The molecule has 12 rings (SSSR count). The Morgan fingerprint density at radius 3 is 1.02 bits per heavy atom. The normalized spacial score (nSPS) is 14.4. The SMILES string of the molecule is [Pt+2].[c-]1cccc2c1-c1ncccc1C21c2ccccc2-c2ccccc21.[c-]1cccc2c1-c1ncccc1C21c2ccccc2-c2ccccc21. The molecule has 2 spiro atoms. The van der Waals surface area contributed by atoms with E-state index < -0.39 is 0 Å². The van der Waals surface area contributed by atoms with Gasteiger partial charge in [-0.05, 0) is 68.0 Å². The van der Waals surface area contributed by atoms with E-state index in [0.29, 0.717) is 0 Å². The van der Waals surface area contributed by atoms with Crippen LogP contribution in [0.15, 0.2) is 170 Å². The molecule has 0 N–H and O–H groups in total. The van der Waals surface area contributed by atoms with Crippen molar-refractivity contribution in [3.8, 4) is 44.8 Å². The summed E-state index contributed by atoms with van der Waals surface area (Å²) in [6.45, 7) is 0. The Morgan fingerprint density at radius 1 is 0.333 bits per heavy atom. The molecule has 2 heterocycles. The summed E-state index contributed by atoms with van der Waals surface area (Å²) >= 11 is 0. The first-order valence-corrected chi connectivity index (χ1v) is 17.2. The van der Waals surface area contributed by atoms with E-state index in [1.165, 1.54) is 66.8 Å². The minimum absolute atomic E-state index is 0. The maximum absolute atomic E-state index is 4.73. The van der Waals surface area contributed by atoms with Crippen LogP contribution in [0.25, 0.3) is 44.8 Å². The maximum atomic E-state index is 4.73. The predicted octanol–water partition coefficient (Wildman–Crippen LogP) is 10.4. The van der Waals surface area contributed by atoms with Crippen molar-refractivity contribution in [2.24, 2.45) is 0 Å². The molecule has 0 unspecified atom stereocenters. The summed E-state index contributed by atoms with van der Waals surface area (Å²) in [5.74, 6) is 0. The van der Waals surface area contributed by atoms with Crippen molar-refractivity contribution in [1.29, 1.82) is 0 Å². The molecule has 0 atom stereocenters. The fourth-order valence-electron chi connectivity index (χ4n) is 9.63. The van der Waals surface area contributed by atoms with Crippen LogP contribution >= 0.6 is 0 Å². The molecule has 0 fully saturated rings. The standard InChI is InChI=1S/2C24H14N.Pt/c2*1-4-11-19-16(8-1)17-9-2-5-12-20(17)24(19)21-13-6-3-10-18(21)23-22(24)14-7-15-25-23;/h2*1-9,11-15H;/q2*-1;+2. The Morgan fingerprint density at radius 2 is 0.647 bits per heavy atom. The largest absolute Gasteiger partial charge is 2.00 e. The van der Waals surface area contributed by atoms with E-state index in [9.17, 15) is 0 Å². The number of fused-ring (bicyclic) bond motifs is 20. The third kappa shape index (κ3) is 3.71. The minimum Gasteiger partial charge on any atom is -0.304 e. The molecular formula is C48H28N2Pt. The molecule has 0 saturated carbocycles. The molecule has 51 heavy (non-hydrogen) atoms. The van der Waals surface area contributed by atoms with Gasteiger partial charge in [-0.3, -0.25) is 0 Å². The molecular weight excluding hydrogens is 800 g/mol. The van der Waals surface area contributed by atoms with Crippen LogP contribution in [-0.2, 0) is 31.9 Å². The summed E-state index contributed by atoms with van der Waals surface area (Å²) < 4.78 is 0. The van der Waals surface area contributed by atoms with Crippen LogP contribution < -0.4 is 0 Å². The molecule has 0 radical (unpaired) electrons. The first kappa shape index (κ1) is 30.2. The minimum atomic E-state index is -0.274. The third-order valence-electron chi connectivity index (χ3n) is 11.3. The monoisotopic (exact) mass is 827 g/mol. The van der Waals surface area contributed by atoms with Gasteiger partial charge in [-0.2, -0.15) is 0 Å². The zero-order chi connectivity index (χ0) is 32.9. The summed E-state index contributed by atoms with van der Waals surface area (Å²) in [4.78, 5) is 9.47. The number of rotatable bonds is 0. The number of pyridine rings is 2. The van der Waals surface area contributed by atoms with Gasteiger partial charge in [-0.25, -0.2) is 0 Å². The van der Waals surface area contributed by atoms with Crippen molar-refractivity contribution in [2.45, 2.75) is 10.8 Å². The molecule has 3 heteroatoms. The Kier molecular flexibility index (Phi) is 6.60. The van der Waals surface area contributed by atoms with Gasteiger partial charge in [0.2, 0.25) is 0 Å². The maximum Gasteiger partial charge on any atom is 2.00 e. The number of hydrogen-bond acceptors (Lipinski definition) is 2. The average Bonchev–Trinajstić information content (AvgIpc) is 3.88. The fraction of sp³-hybridized carbons (Fsp3) is 0.0417. The van der Waals surface area contributed by atoms with Crippen molar-refractivity contribution in [2.75, 3.05) is 0 Å². The molecule has 0 bridgehead atoms. The molecule has 0 amide bonds. The summed E-state index contributed by atoms with van der Waals surface area (Å²) in [5, 5.41) is 0. The third-order valence-corrected chi connectivity index (χ3v) is 11.3.